The minimum atomic E-state index is -0.449. The van der Waals surface area contributed by atoms with Gasteiger partial charge in [-0.2, -0.15) is 5.26 Å². The van der Waals surface area contributed by atoms with E-state index in [2.05, 4.69) is 11.4 Å². The van der Waals surface area contributed by atoms with E-state index in [1.54, 1.807) is 11.8 Å². The first-order valence-corrected chi connectivity index (χ1v) is 5.45. The van der Waals surface area contributed by atoms with Crippen LogP contribution in [-0.4, -0.2) is 41.8 Å². The van der Waals surface area contributed by atoms with Crippen LogP contribution in [0.15, 0.2) is 0 Å². The summed E-state index contributed by atoms with van der Waals surface area (Å²) < 4.78 is 5.22. The number of hydrogen-bond acceptors (Lipinski definition) is 4. The maximum absolute atomic E-state index is 11.6. The van der Waals surface area contributed by atoms with Crippen molar-refractivity contribution in [3.63, 3.8) is 0 Å². The lowest BCUT2D eigenvalue weighted by Crippen LogP contribution is -2.61. The van der Waals surface area contributed by atoms with Gasteiger partial charge in [-0.25, -0.2) is 4.79 Å². The van der Waals surface area contributed by atoms with Crippen molar-refractivity contribution < 1.29 is 9.53 Å². The third-order valence-corrected chi connectivity index (χ3v) is 2.21. The third-order valence-electron chi connectivity index (χ3n) is 2.21. The largest absolute Gasteiger partial charge is 0.444 e. The summed E-state index contributed by atoms with van der Waals surface area (Å²) in [6.45, 7) is 8.56. The fourth-order valence-corrected chi connectivity index (χ4v) is 1.45. The first-order chi connectivity index (χ1) is 7.31. The summed E-state index contributed by atoms with van der Waals surface area (Å²) in [4.78, 5) is 13.2. The van der Waals surface area contributed by atoms with Crippen molar-refractivity contribution in [2.75, 3.05) is 13.1 Å². The lowest BCUT2D eigenvalue weighted by molar-refractivity contribution is 0.00492. The summed E-state index contributed by atoms with van der Waals surface area (Å²) in [5.74, 6) is 0. The molecule has 0 radical (unpaired) electrons. The van der Waals surface area contributed by atoms with Gasteiger partial charge in [0.15, 0.2) is 0 Å². The summed E-state index contributed by atoms with van der Waals surface area (Å²) in [5.41, 5.74) is -0.449. The summed E-state index contributed by atoms with van der Waals surface area (Å²) >= 11 is 0. The topological polar surface area (TPSA) is 65.4 Å². The molecule has 0 bridgehead atoms. The molecule has 1 atom stereocenters. The Morgan fingerprint density at radius 1 is 1.56 bits per heavy atom. The van der Waals surface area contributed by atoms with Gasteiger partial charge in [0, 0.05) is 19.1 Å². The number of nitrogens with zero attached hydrogens (tertiary/aromatic N) is 2. The molecule has 0 aromatic heterocycles. The highest BCUT2D eigenvalue weighted by atomic mass is 16.6. The van der Waals surface area contributed by atoms with Gasteiger partial charge in [0.2, 0.25) is 0 Å². The third kappa shape index (κ3) is 3.70. The highest BCUT2D eigenvalue weighted by Gasteiger charge is 2.33. The normalized spacial score (nSPS) is 18.6. The van der Waals surface area contributed by atoms with Crippen molar-refractivity contribution in [1.29, 1.82) is 5.26 Å². The Hall–Kier alpha value is -1.28. The van der Waals surface area contributed by atoms with Gasteiger partial charge in [0.05, 0.1) is 12.1 Å². The van der Waals surface area contributed by atoms with Gasteiger partial charge in [0.1, 0.15) is 5.60 Å². The van der Waals surface area contributed by atoms with Crippen LogP contribution in [0.2, 0.25) is 0 Å². The Bertz CT molecular complexity index is 297. The number of amides is 1. The van der Waals surface area contributed by atoms with Crippen LogP contribution in [-0.2, 0) is 4.74 Å². The molecule has 0 aromatic rings. The van der Waals surface area contributed by atoms with Crippen molar-refractivity contribution in [3.8, 4) is 6.07 Å². The molecule has 1 saturated heterocycles. The fraction of sp³-hybridized carbons (Fsp3) is 0.818. The van der Waals surface area contributed by atoms with Crippen molar-refractivity contribution in [3.05, 3.63) is 0 Å². The average Bonchev–Trinajstić information content (AvgIpc) is 2.06. The van der Waals surface area contributed by atoms with Gasteiger partial charge in [-0.1, -0.05) is 0 Å². The molecule has 1 rings (SSSR count). The molecule has 1 N–H and O–H groups in total. The average molecular weight is 225 g/mol. The van der Waals surface area contributed by atoms with E-state index in [-0.39, 0.29) is 18.2 Å². The van der Waals surface area contributed by atoms with Crippen LogP contribution in [0.1, 0.15) is 27.7 Å². The SMILES string of the molecule is CC(C#N)NC1CN(C(=O)OC(C)(C)C)C1. The second-order valence-corrected chi connectivity index (χ2v) is 5.10. The molecular formula is C11H19N3O2. The Morgan fingerprint density at radius 3 is 2.56 bits per heavy atom. The lowest BCUT2D eigenvalue weighted by Gasteiger charge is -2.40. The van der Waals surface area contributed by atoms with E-state index < -0.39 is 5.60 Å². The standard InChI is InChI=1S/C11H19N3O2/c1-8(5-12)13-9-6-14(7-9)10(15)16-11(2,3)4/h8-9,13H,6-7H2,1-4H3. The number of rotatable bonds is 2. The molecule has 16 heavy (non-hydrogen) atoms. The van der Waals surface area contributed by atoms with E-state index in [1.807, 2.05) is 20.8 Å². The number of carbonyl (C=O) groups is 1. The monoisotopic (exact) mass is 225 g/mol. The quantitative estimate of drug-likeness (QED) is 0.764. The maximum Gasteiger partial charge on any atom is 0.410 e. The van der Waals surface area contributed by atoms with Crippen molar-refractivity contribution >= 4 is 6.09 Å². The fourth-order valence-electron chi connectivity index (χ4n) is 1.45. The van der Waals surface area contributed by atoms with E-state index in [4.69, 9.17) is 10.00 Å². The van der Waals surface area contributed by atoms with Crippen molar-refractivity contribution in [2.45, 2.75) is 45.4 Å². The van der Waals surface area contributed by atoms with E-state index in [1.165, 1.54) is 0 Å². The van der Waals surface area contributed by atoms with Crippen LogP contribution < -0.4 is 5.32 Å². The molecule has 1 heterocycles. The van der Waals surface area contributed by atoms with Crippen LogP contribution in [0.5, 0.6) is 0 Å². The first kappa shape index (κ1) is 12.8. The van der Waals surface area contributed by atoms with E-state index in [0.717, 1.165) is 0 Å². The zero-order chi connectivity index (χ0) is 12.3. The zero-order valence-corrected chi connectivity index (χ0v) is 10.3. The molecule has 0 aliphatic carbocycles. The Morgan fingerprint density at radius 2 is 2.12 bits per heavy atom. The number of carbonyl (C=O) groups excluding carboxylic acids is 1. The molecule has 0 spiro atoms. The molecule has 1 unspecified atom stereocenters. The first-order valence-electron chi connectivity index (χ1n) is 5.45. The van der Waals surface area contributed by atoms with Gasteiger partial charge >= 0.3 is 6.09 Å². The van der Waals surface area contributed by atoms with Gasteiger partial charge in [-0.3, -0.25) is 5.32 Å². The molecule has 1 fully saturated rings. The molecule has 5 heteroatoms. The van der Waals surface area contributed by atoms with Gasteiger partial charge in [-0.05, 0) is 27.7 Å². The van der Waals surface area contributed by atoms with Crippen molar-refractivity contribution in [2.24, 2.45) is 0 Å². The van der Waals surface area contributed by atoms with E-state index in [0.29, 0.717) is 13.1 Å². The second kappa shape index (κ2) is 4.71. The number of ether oxygens (including phenoxy) is 1. The lowest BCUT2D eigenvalue weighted by atomic mass is 10.1. The number of nitrogens with one attached hydrogen (secondary N) is 1. The maximum atomic E-state index is 11.6. The predicted octanol–water partition coefficient (Wildman–Crippen LogP) is 1.11. The molecule has 90 valence electrons. The minimum Gasteiger partial charge on any atom is -0.444 e. The highest BCUT2D eigenvalue weighted by Crippen LogP contribution is 2.15. The Labute approximate surface area is 96.4 Å². The smallest absolute Gasteiger partial charge is 0.410 e. The Balaban J connectivity index is 2.26. The van der Waals surface area contributed by atoms with Gasteiger partial charge < -0.3 is 9.64 Å². The summed E-state index contributed by atoms with van der Waals surface area (Å²) in [6, 6.07) is 2.14. The van der Waals surface area contributed by atoms with Crippen LogP contribution in [0, 0.1) is 11.3 Å². The summed E-state index contributed by atoms with van der Waals surface area (Å²) in [6.07, 6.45) is -0.282. The molecule has 0 aromatic carbocycles. The number of hydrogen-bond donors (Lipinski definition) is 1. The van der Waals surface area contributed by atoms with Crippen LogP contribution in [0.25, 0.3) is 0 Å². The molecule has 1 amide bonds. The van der Waals surface area contributed by atoms with Crippen LogP contribution >= 0.6 is 0 Å². The second-order valence-electron chi connectivity index (χ2n) is 5.10. The van der Waals surface area contributed by atoms with Gasteiger partial charge in [-0.15, -0.1) is 0 Å². The van der Waals surface area contributed by atoms with Crippen LogP contribution in [0.3, 0.4) is 0 Å². The molecule has 1 aliphatic heterocycles. The molecular weight excluding hydrogens is 206 g/mol. The Kier molecular flexibility index (Phi) is 3.76. The highest BCUT2D eigenvalue weighted by molar-refractivity contribution is 5.69. The molecule has 1 aliphatic rings. The molecule has 0 saturated carbocycles. The zero-order valence-electron chi connectivity index (χ0n) is 10.3. The van der Waals surface area contributed by atoms with Crippen LogP contribution in [0.4, 0.5) is 4.79 Å². The van der Waals surface area contributed by atoms with Crippen molar-refractivity contribution in [1.82, 2.24) is 10.2 Å². The molecule has 5 nitrogen and oxygen atoms in total. The minimum absolute atomic E-state index is 0.175. The number of nitriles is 1. The van der Waals surface area contributed by atoms with Gasteiger partial charge in [0.25, 0.3) is 0 Å². The summed E-state index contributed by atoms with van der Waals surface area (Å²) in [7, 11) is 0. The van der Waals surface area contributed by atoms with E-state index >= 15 is 0 Å². The predicted molar refractivity (Wildman–Crippen MR) is 59.8 cm³/mol. The summed E-state index contributed by atoms with van der Waals surface area (Å²) in [5, 5.41) is 11.7. The number of likely N-dealkylation sites (tertiary alicyclic amines) is 1. The van der Waals surface area contributed by atoms with E-state index in [9.17, 15) is 4.79 Å².